The molecule has 0 bridgehead atoms. The van der Waals surface area contributed by atoms with Crippen LogP contribution in [-0.2, 0) is 0 Å². The molecule has 0 atom stereocenters. The van der Waals surface area contributed by atoms with Crippen molar-refractivity contribution in [3.8, 4) is 5.82 Å². The standard InChI is InChI=1S/C12H8N3/c1-2-4-11-10(3-1)6-8-15(11)12-5-7-13-9-14-12/h2-9H. The van der Waals surface area contributed by atoms with E-state index in [-0.39, 0.29) is 0 Å². The van der Waals surface area contributed by atoms with Gasteiger partial charge in [0.2, 0.25) is 0 Å². The van der Waals surface area contributed by atoms with Crippen LogP contribution in [0.15, 0.2) is 49.1 Å². The second kappa shape index (κ2) is 3.20. The highest BCUT2D eigenvalue weighted by Crippen LogP contribution is 2.17. The highest BCUT2D eigenvalue weighted by Gasteiger charge is 2.01. The summed E-state index contributed by atoms with van der Waals surface area (Å²) in [4.78, 5) is 8.12. The minimum absolute atomic E-state index is 0.881. The third-order valence-corrected chi connectivity index (χ3v) is 2.35. The van der Waals surface area contributed by atoms with Crippen LogP contribution in [0.3, 0.4) is 0 Å². The zero-order valence-electron chi connectivity index (χ0n) is 7.96. The van der Waals surface area contributed by atoms with Gasteiger partial charge in [0, 0.05) is 17.8 Å². The summed E-state index contributed by atoms with van der Waals surface area (Å²) >= 11 is 0. The van der Waals surface area contributed by atoms with Gasteiger partial charge >= 0.3 is 0 Å². The fourth-order valence-electron chi connectivity index (χ4n) is 1.65. The summed E-state index contributed by atoms with van der Waals surface area (Å²) in [5.41, 5.74) is 1.13. The Bertz CT molecular complexity index is 584. The number of benzene rings is 1. The van der Waals surface area contributed by atoms with Gasteiger partial charge in [-0.15, -0.1) is 0 Å². The van der Waals surface area contributed by atoms with Crippen molar-refractivity contribution in [1.29, 1.82) is 0 Å². The first-order chi connectivity index (χ1) is 7.45. The molecule has 0 fully saturated rings. The van der Waals surface area contributed by atoms with E-state index in [1.165, 1.54) is 0 Å². The first-order valence-electron chi connectivity index (χ1n) is 4.69. The van der Waals surface area contributed by atoms with Gasteiger partial charge < -0.3 is 4.57 Å². The zero-order valence-corrected chi connectivity index (χ0v) is 7.96. The molecule has 0 amide bonds. The molecule has 0 aliphatic heterocycles. The number of hydrogen-bond acceptors (Lipinski definition) is 2. The van der Waals surface area contributed by atoms with Gasteiger partial charge in [-0.2, -0.15) is 0 Å². The van der Waals surface area contributed by atoms with Crippen molar-refractivity contribution in [2.45, 2.75) is 0 Å². The fourth-order valence-corrected chi connectivity index (χ4v) is 1.65. The summed E-state index contributed by atoms with van der Waals surface area (Å²) in [7, 11) is 0. The molecule has 1 radical (unpaired) electrons. The number of nitrogens with zero attached hydrogens (tertiary/aromatic N) is 3. The lowest BCUT2D eigenvalue weighted by atomic mass is 10.2. The van der Waals surface area contributed by atoms with Gasteiger partial charge in [-0.1, -0.05) is 6.07 Å². The van der Waals surface area contributed by atoms with Crippen LogP contribution in [-0.4, -0.2) is 14.5 Å². The molecule has 2 heterocycles. The third kappa shape index (κ3) is 1.29. The minimum atomic E-state index is 0.881. The van der Waals surface area contributed by atoms with Crippen molar-refractivity contribution in [1.82, 2.24) is 14.5 Å². The van der Waals surface area contributed by atoms with Gasteiger partial charge in [0.25, 0.3) is 0 Å². The number of rotatable bonds is 1. The van der Waals surface area contributed by atoms with E-state index in [0.717, 1.165) is 16.7 Å². The van der Waals surface area contributed by atoms with E-state index < -0.39 is 0 Å². The molecule has 0 N–H and O–H groups in total. The van der Waals surface area contributed by atoms with Gasteiger partial charge in [0.1, 0.15) is 12.1 Å². The first kappa shape index (κ1) is 8.17. The van der Waals surface area contributed by atoms with Crippen molar-refractivity contribution in [2.24, 2.45) is 0 Å². The molecule has 0 spiro atoms. The van der Waals surface area contributed by atoms with Gasteiger partial charge in [-0.25, -0.2) is 9.97 Å². The highest BCUT2D eigenvalue weighted by molar-refractivity contribution is 5.81. The normalized spacial score (nSPS) is 10.7. The summed E-state index contributed by atoms with van der Waals surface area (Å²) in [6.45, 7) is 0. The molecule has 0 aliphatic carbocycles. The molecule has 3 aromatic rings. The van der Waals surface area contributed by atoms with Crippen LogP contribution < -0.4 is 0 Å². The molecule has 0 aliphatic rings. The second-order valence-electron chi connectivity index (χ2n) is 3.24. The maximum Gasteiger partial charge on any atom is 0.140 e. The van der Waals surface area contributed by atoms with Gasteiger partial charge in [-0.05, 0) is 30.3 Å². The predicted octanol–water partition coefficient (Wildman–Crippen LogP) is 2.22. The topological polar surface area (TPSA) is 30.7 Å². The Balaban J connectivity index is 2.28. The molecule has 71 valence electrons. The molecule has 0 saturated heterocycles. The molecule has 3 rings (SSSR count). The maximum absolute atomic E-state index is 4.21. The van der Waals surface area contributed by atoms with E-state index in [2.05, 4.69) is 16.0 Å². The molecule has 3 heteroatoms. The summed E-state index contributed by atoms with van der Waals surface area (Å²) in [5, 5.41) is 1.16. The summed E-state index contributed by atoms with van der Waals surface area (Å²) in [6, 6.07) is 12.9. The Labute approximate surface area is 87.0 Å². The van der Waals surface area contributed by atoms with Crippen LogP contribution in [0.4, 0.5) is 0 Å². The van der Waals surface area contributed by atoms with E-state index in [1.807, 2.05) is 41.1 Å². The Kier molecular flexibility index (Phi) is 1.75. The van der Waals surface area contributed by atoms with E-state index in [0.29, 0.717) is 0 Å². The van der Waals surface area contributed by atoms with Crippen molar-refractivity contribution in [2.75, 3.05) is 0 Å². The largest absolute Gasteiger partial charge is 0.301 e. The Morgan fingerprint density at radius 3 is 3.07 bits per heavy atom. The first-order valence-corrected chi connectivity index (χ1v) is 4.69. The van der Waals surface area contributed by atoms with Gasteiger partial charge in [0.15, 0.2) is 0 Å². The van der Waals surface area contributed by atoms with E-state index >= 15 is 0 Å². The monoisotopic (exact) mass is 194 g/mol. The highest BCUT2D eigenvalue weighted by atomic mass is 15.1. The smallest absolute Gasteiger partial charge is 0.140 e. The summed E-state index contributed by atoms with van der Waals surface area (Å²) in [5.74, 6) is 0.881. The van der Waals surface area contributed by atoms with E-state index in [9.17, 15) is 0 Å². The Morgan fingerprint density at radius 1 is 1.20 bits per heavy atom. The van der Waals surface area contributed by atoms with Crippen LogP contribution in [0, 0.1) is 6.07 Å². The van der Waals surface area contributed by atoms with Crippen LogP contribution >= 0.6 is 0 Å². The maximum atomic E-state index is 4.21. The van der Waals surface area contributed by atoms with Gasteiger partial charge in [0.05, 0.1) is 5.52 Å². The van der Waals surface area contributed by atoms with Crippen LogP contribution in [0.2, 0.25) is 0 Å². The molecule has 0 saturated carbocycles. The van der Waals surface area contributed by atoms with Crippen molar-refractivity contribution in [3.05, 3.63) is 55.1 Å². The molecule has 3 nitrogen and oxygen atoms in total. The van der Waals surface area contributed by atoms with Crippen molar-refractivity contribution in [3.63, 3.8) is 0 Å². The number of hydrogen-bond donors (Lipinski definition) is 0. The van der Waals surface area contributed by atoms with Gasteiger partial charge in [-0.3, -0.25) is 0 Å². The lowest BCUT2D eigenvalue weighted by Gasteiger charge is -2.02. The minimum Gasteiger partial charge on any atom is -0.301 e. The molecule has 2 aromatic heterocycles. The average molecular weight is 194 g/mol. The molecule has 15 heavy (non-hydrogen) atoms. The predicted molar refractivity (Wildman–Crippen MR) is 57.7 cm³/mol. The van der Waals surface area contributed by atoms with Crippen molar-refractivity contribution >= 4 is 10.9 Å². The third-order valence-electron chi connectivity index (χ3n) is 2.35. The Hall–Kier alpha value is -2.16. The van der Waals surface area contributed by atoms with E-state index in [4.69, 9.17) is 0 Å². The zero-order chi connectivity index (χ0) is 10.1. The molecule has 1 aromatic carbocycles. The lowest BCUT2D eigenvalue weighted by molar-refractivity contribution is 1.01. The molecular weight excluding hydrogens is 186 g/mol. The average Bonchev–Trinajstić information content (AvgIpc) is 2.74. The van der Waals surface area contributed by atoms with Crippen LogP contribution in [0.25, 0.3) is 16.7 Å². The Morgan fingerprint density at radius 2 is 2.20 bits per heavy atom. The summed E-state index contributed by atoms with van der Waals surface area (Å²) < 4.78 is 2.03. The van der Waals surface area contributed by atoms with Crippen molar-refractivity contribution < 1.29 is 0 Å². The molecule has 0 unspecified atom stereocenters. The van der Waals surface area contributed by atoms with Crippen LogP contribution in [0.1, 0.15) is 0 Å². The number of aromatic nitrogens is 3. The SMILES string of the molecule is [c]1ccc2c(c1)ccn2-c1ccncn1. The number of fused-ring (bicyclic) bond motifs is 1. The quantitative estimate of drug-likeness (QED) is 0.594. The molecular formula is C12H8N3. The fraction of sp³-hybridized carbons (Fsp3) is 0. The van der Waals surface area contributed by atoms with Crippen LogP contribution in [0.5, 0.6) is 0 Å². The summed E-state index contributed by atoms with van der Waals surface area (Å²) in [6.07, 6.45) is 5.29. The van der Waals surface area contributed by atoms with E-state index in [1.54, 1.807) is 12.5 Å². The second-order valence-corrected chi connectivity index (χ2v) is 3.24. The lowest BCUT2D eigenvalue weighted by Crippen LogP contribution is -1.94.